The second kappa shape index (κ2) is 3.70. The summed E-state index contributed by atoms with van der Waals surface area (Å²) in [5.74, 6) is 1.52. The highest BCUT2D eigenvalue weighted by atomic mass is 16.5. The Labute approximate surface area is 83.4 Å². The maximum Gasteiger partial charge on any atom is 0.220 e. The lowest BCUT2D eigenvalue weighted by Gasteiger charge is -2.08. The van der Waals surface area contributed by atoms with Crippen molar-refractivity contribution < 1.29 is 9.47 Å². The van der Waals surface area contributed by atoms with E-state index in [0.29, 0.717) is 12.5 Å². The molecule has 3 nitrogen and oxygen atoms in total. The third-order valence-electron chi connectivity index (χ3n) is 2.17. The minimum atomic E-state index is 0.673. The van der Waals surface area contributed by atoms with E-state index >= 15 is 0 Å². The molecule has 0 aliphatic carbocycles. The summed E-state index contributed by atoms with van der Waals surface area (Å²) in [5, 5.41) is 0. The van der Waals surface area contributed by atoms with Crippen LogP contribution in [-0.4, -0.2) is 26.2 Å². The van der Waals surface area contributed by atoms with Gasteiger partial charge in [0.15, 0.2) is 0 Å². The number of rotatable bonds is 2. The van der Waals surface area contributed by atoms with E-state index in [1.165, 1.54) is 5.56 Å². The van der Waals surface area contributed by atoms with Crippen molar-refractivity contribution in [2.24, 2.45) is 4.99 Å². The van der Waals surface area contributed by atoms with Crippen LogP contribution in [0.25, 0.3) is 0 Å². The maximum atomic E-state index is 5.41. The number of nitrogens with zero attached hydrogens (tertiary/aromatic N) is 1. The summed E-state index contributed by atoms with van der Waals surface area (Å²) in [5.41, 5.74) is 2.13. The van der Waals surface area contributed by atoms with Gasteiger partial charge < -0.3 is 9.47 Å². The Balaban J connectivity index is 2.43. The molecule has 1 aliphatic rings. The van der Waals surface area contributed by atoms with Crippen molar-refractivity contribution in [3.8, 4) is 5.75 Å². The first-order valence-corrected chi connectivity index (χ1v) is 4.63. The molecule has 0 spiro atoms. The fourth-order valence-electron chi connectivity index (χ4n) is 1.49. The molecule has 0 unspecified atom stereocenters. The van der Waals surface area contributed by atoms with Crippen molar-refractivity contribution in [3.63, 3.8) is 0 Å². The molecule has 0 fully saturated rings. The molecule has 0 amide bonds. The van der Waals surface area contributed by atoms with Crippen LogP contribution >= 0.6 is 0 Å². The SMILES string of the molecule is COc1ccc(C)cc1C1=NCCO1. The Kier molecular flexibility index (Phi) is 2.39. The summed E-state index contributed by atoms with van der Waals surface area (Å²) in [6.45, 7) is 3.46. The summed E-state index contributed by atoms with van der Waals surface area (Å²) in [7, 11) is 1.66. The maximum absolute atomic E-state index is 5.41. The molecule has 0 radical (unpaired) electrons. The zero-order valence-electron chi connectivity index (χ0n) is 8.41. The van der Waals surface area contributed by atoms with Crippen LogP contribution in [0.1, 0.15) is 11.1 Å². The highest BCUT2D eigenvalue weighted by Crippen LogP contribution is 2.22. The Morgan fingerprint density at radius 1 is 1.43 bits per heavy atom. The number of hydrogen-bond acceptors (Lipinski definition) is 3. The molecule has 3 heteroatoms. The molecule has 1 aromatic carbocycles. The molecular formula is C11H13NO2. The number of ether oxygens (including phenoxy) is 2. The lowest BCUT2D eigenvalue weighted by molar-refractivity contribution is 0.345. The zero-order valence-corrected chi connectivity index (χ0v) is 8.41. The molecule has 0 saturated carbocycles. The topological polar surface area (TPSA) is 30.8 Å². The van der Waals surface area contributed by atoms with Crippen LogP contribution in [-0.2, 0) is 4.74 Å². The van der Waals surface area contributed by atoms with E-state index in [2.05, 4.69) is 4.99 Å². The molecule has 0 aromatic heterocycles. The van der Waals surface area contributed by atoms with Crippen molar-refractivity contribution >= 4 is 5.90 Å². The van der Waals surface area contributed by atoms with E-state index in [0.717, 1.165) is 17.9 Å². The quantitative estimate of drug-likeness (QED) is 0.713. The molecule has 14 heavy (non-hydrogen) atoms. The molecular weight excluding hydrogens is 178 g/mol. The molecule has 1 heterocycles. The molecule has 74 valence electrons. The van der Waals surface area contributed by atoms with Crippen LogP contribution in [0.15, 0.2) is 23.2 Å². The first kappa shape index (κ1) is 9.06. The fraction of sp³-hybridized carbons (Fsp3) is 0.364. The smallest absolute Gasteiger partial charge is 0.220 e. The lowest BCUT2D eigenvalue weighted by atomic mass is 10.1. The summed E-state index contributed by atoms with van der Waals surface area (Å²) in [6.07, 6.45) is 0. The van der Waals surface area contributed by atoms with Gasteiger partial charge in [-0.05, 0) is 19.1 Å². The van der Waals surface area contributed by atoms with Crippen molar-refractivity contribution in [1.82, 2.24) is 0 Å². The highest BCUT2D eigenvalue weighted by Gasteiger charge is 2.14. The molecule has 0 bridgehead atoms. The van der Waals surface area contributed by atoms with Gasteiger partial charge in [0, 0.05) is 0 Å². The third kappa shape index (κ3) is 1.58. The zero-order chi connectivity index (χ0) is 9.97. The molecule has 0 atom stereocenters. The minimum Gasteiger partial charge on any atom is -0.496 e. The summed E-state index contributed by atoms with van der Waals surface area (Å²) < 4.78 is 10.7. The van der Waals surface area contributed by atoms with Crippen LogP contribution in [0.5, 0.6) is 5.75 Å². The van der Waals surface area contributed by atoms with E-state index in [4.69, 9.17) is 9.47 Å². The van der Waals surface area contributed by atoms with Gasteiger partial charge in [-0.1, -0.05) is 11.6 Å². The average molecular weight is 191 g/mol. The predicted octanol–water partition coefficient (Wildman–Crippen LogP) is 1.78. The lowest BCUT2D eigenvalue weighted by Crippen LogP contribution is -2.04. The standard InChI is InChI=1S/C11H13NO2/c1-8-3-4-10(13-2)9(7-8)11-12-5-6-14-11/h3-4,7H,5-6H2,1-2H3. The fourth-order valence-corrected chi connectivity index (χ4v) is 1.49. The van der Waals surface area contributed by atoms with Gasteiger partial charge in [0.25, 0.3) is 0 Å². The van der Waals surface area contributed by atoms with Gasteiger partial charge >= 0.3 is 0 Å². The monoisotopic (exact) mass is 191 g/mol. The molecule has 0 saturated heterocycles. The van der Waals surface area contributed by atoms with Gasteiger partial charge in [-0.25, -0.2) is 4.99 Å². The summed E-state index contributed by atoms with van der Waals surface area (Å²) in [6, 6.07) is 5.98. The molecule has 1 aliphatic heterocycles. The Bertz CT molecular complexity index is 372. The van der Waals surface area contributed by atoms with Gasteiger partial charge in [0.05, 0.1) is 19.2 Å². The van der Waals surface area contributed by atoms with Crippen LogP contribution < -0.4 is 4.74 Å². The number of aryl methyl sites for hydroxylation is 1. The first-order valence-electron chi connectivity index (χ1n) is 4.63. The largest absolute Gasteiger partial charge is 0.496 e. The highest BCUT2D eigenvalue weighted by molar-refractivity contribution is 5.97. The van der Waals surface area contributed by atoms with E-state index in [1.54, 1.807) is 7.11 Å². The first-order chi connectivity index (χ1) is 6.81. The second-order valence-corrected chi connectivity index (χ2v) is 3.24. The van der Waals surface area contributed by atoms with E-state index < -0.39 is 0 Å². The summed E-state index contributed by atoms with van der Waals surface area (Å²) in [4.78, 5) is 4.27. The van der Waals surface area contributed by atoms with Crippen molar-refractivity contribution in [2.45, 2.75) is 6.92 Å². The van der Waals surface area contributed by atoms with Gasteiger partial charge in [0.1, 0.15) is 12.4 Å². The molecule has 0 N–H and O–H groups in total. The second-order valence-electron chi connectivity index (χ2n) is 3.24. The number of hydrogen-bond donors (Lipinski definition) is 0. The average Bonchev–Trinajstić information content (AvgIpc) is 2.70. The van der Waals surface area contributed by atoms with Crippen LogP contribution in [0.3, 0.4) is 0 Å². The van der Waals surface area contributed by atoms with E-state index in [-0.39, 0.29) is 0 Å². The van der Waals surface area contributed by atoms with E-state index in [1.807, 2.05) is 25.1 Å². The predicted molar refractivity (Wildman–Crippen MR) is 55.1 cm³/mol. The number of aliphatic imine (C=N–C) groups is 1. The van der Waals surface area contributed by atoms with Crippen molar-refractivity contribution in [1.29, 1.82) is 0 Å². The third-order valence-corrected chi connectivity index (χ3v) is 2.17. The number of methoxy groups -OCH3 is 1. The van der Waals surface area contributed by atoms with Crippen molar-refractivity contribution in [3.05, 3.63) is 29.3 Å². The Hall–Kier alpha value is -1.51. The van der Waals surface area contributed by atoms with Crippen LogP contribution in [0.2, 0.25) is 0 Å². The van der Waals surface area contributed by atoms with Gasteiger partial charge in [-0.3, -0.25) is 0 Å². The van der Waals surface area contributed by atoms with E-state index in [9.17, 15) is 0 Å². The minimum absolute atomic E-state index is 0.673. The van der Waals surface area contributed by atoms with Gasteiger partial charge in [0.2, 0.25) is 5.90 Å². The van der Waals surface area contributed by atoms with Crippen LogP contribution in [0.4, 0.5) is 0 Å². The molecule has 2 rings (SSSR count). The molecule has 1 aromatic rings. The number of benzene rings is 1. The van der Waals surface area contributed by atoms with Gasteiger partial charge in [-0.2, -0.15) is 0 Å². The van der Waals surface area contributed by atoms with Crippen LogP contribution in [0, 0.1) is 6.92 Å². The Morgan fingerprint density at radius 3 is 2.93 bits per heavy atom. The normalized spacial score (nSPS) is 14.9. The van der Waals surface area contributed by atoms with Crippen molar-refractivity contribution in [2.75, 3.05) is 20.3 Å². The van der Waals surface area contributed by atoms with Gasteiger partial charge in [-0.15, -0.1) is 0 Å². The Morgan fingerprint density at radius 2 is 2.29 bits per heavy atom. The summed E-state index contributed by atoms with van der Waals surface area (Å²) >= 11 is 0.